The molecule has 1 unspecified atom stereocenters. The van der Waals surface area contributed by atoms with Gasteiger partial charge in [-0.15, -0.1) is 0 Å². The molecule has 0 aliphatic rings. The first kappa shape index (κ1) is 19.5. The number of hydrogen-bond donors (Lipinski definition) is 1. The summed E-state index contributed by atoms with van der Waals surface area (Å²) in [5.74, 6) is 0.291. The van der Waals surface area contributed by atoms with E-state index >= 15 is 0 Å². The predicted molar refractivity (Wildman–Crippen MR) is 99.9 cm³/mol. The highest BCUT2D eigenvalue weighted by Crippen LogP contribution is 2.14. The summed E-state index contributed by atoms with van der Waals surface area (Å²) >= 11 is 0. The maximum atomic E-state index is 12.3. The molecule has 7 nitrogen and oxygen atoms in total. The van der Waals surface area contributed by atoms with Gasteiger partial charge in [0.15, 0.2) is 6.10 Å². The van der Waals surface area contributed by atoms with Gasteiger partial charge in [-0.2, -0.15) is 10.4 Å². The first-order chi connectivity index (χ1) is 12.5. The summed E-state index contributed by atoms with van der Waals surface area (Å²) in [4.78, 5) is 14.6. The zero-order valence-corrected chi connectivity index (χ0v) is 15.5. The zero-order chi connectivity index (χ0) is 18.9. The second-order valence-corrected chi connectivity index (χ2v) is 5.90. The Bertz CT molecular complexity index is 744. The van der Waals surface area contributed by atoms with Gasteiger partial charge in [0, 0.05) is 12.7 Å². The zero-order valence-electron chi connectivity index (χ0n) is 15.5. The molecule has 0 fully saturated rings. The first-order valence-electron chi connectivity index (χ1n) is 8.78. The standard InChI is InChI=1S/C19H25N5O2/c1-4-23(5-2)10-11-24-14-17(13-21-24)22-19(25)15(3)26-18-8-6-16(12-20)7-9-18/h6-9,13-15H,4-5,10-11H2,1-3H3,(H,22,25). The van der Waals surface area contributed by atoms with E-state index in [4.69, 9.17) is 10.00 Å². The Morgan fingerprint density at radius 3 is 2.65 bits per heavy atom. The van der Waals surface area contributed by atoms with Crippen molar-refractivity contribution in [2.24, 2.45) is 0 Å². The molecule has 0 spiro atoms. The fraction of sp³-hybridized carbons (Fsp3) is 0.421. The van der Waals surface area contributed by atoms with Crippen LogP contribution >= 0.6 is 0 Å². The normalized spacial score (nSPS) is 11.8. The van der Waals surface area contributed by atoms with Crippen LogP contribution < -0.4 is 10.1 Å². The maximum absolute atomic E-state index is 12.3. The number of nitriles is 1. The number of nitrogens with zero attached hydrogens (tertiary/aromatic N) is 4. The summed E-state index contributed by atoms with van der Waals surface area (Å²) in [6, 6.07) is 8.70. The van der Waals surface area contributed by atoms with Crippen LogP contribution in [-0.2, 0) is 11.3 Å². The van der Waals surface area contributed by atoms with Gasteiger partial charge >= 0.3 is 0 Å². The van der Waals surface area contributed by atoms with Crippen LogP contribution in [0.2, 0.25) is 0 Å². The van der Waals surface area contributed by atoms with Gasteiger partial charge in [0.05, 0.1) is 30.1 Å². The third-order valence-electron chi connectivity index (χ3n) is 4.11. The number of aromatic nitrogens is 2. The molecule has 0 saturated carbocycles. The van der Waals surface area contributed by atoms with Crippen LogP contribution in [-0.4, -0.2) is 46.3 Å². The van der Waals surface area contributed by atoms with E-state index in [2.05, 4.69) is 29.2 Å². The van der Waals surface area contributed by atoms with E-state index in [1.807, 2.05) is 16.9 Å². The molecule has 1 aromatic heterocycles. The van der Waals surface area contributed by atoms with Crippen LogP contribution in [0, 0.1) is 11.3 Å². The van der Waals surface area contributed by atoms with Gasteiger partial charge in [0.25, 0.3) is 5.91 Å². The molecule has 0 bridgehead atoms. The Hall–Kier alpha value is -2.85. The molecular formula is C19H25N5O2. The van der Waals surface area contributed by atoms with Gasteiger partial charge in [0.1, 0.15) is 5.75 Å². The Morgan fingerprint density at radius 1 is 1.35 bits per heavy atom. The number of likely N-dealkylation sites (N-methyl/N-ethyl adjacent to an activating group) is 1. The topological polar surface area (TPSA) is 83.2 Å². The van der Waals surface area contributed by atoms with Gasteiger partial charge in [-0.05, 0) is 44.3 Å². The smallest absolute Gasteiger partial charge is 0.265 e. The highest BCUT2D eigenvalue weighted by molar-refractivity contribution is 5.93. The summed E-state index contributed by atoms with van der Waals surface area (Å²) in [6.07, 6.45) is 2.78. The number of amides is 1. The van der Waals surface area contributed by atoms with Crippen LogP contribution in [0.5, 0.6) is 5.75 Å². The van der Waals surface area contributed by atoms with Crippen molar-refractivity contribution in [3.63, 3.8) is 0 Å². The Balaban J connectivity index is 1.85. The summed E-state index contributed by atoms with van der Waals surface area (Å²) in [7, 11) is 0. The van der Waals surface area contributed by atoms with Crippen LogP contribution in [0.4, 0.5) is 5.69 Å². The molecule has 0 aliphatic heterocycles. The summed E-state index contributed by atoms with van der Waals surface area (Å²) in [6.45, 7) is 9.64. The van der Waals surface area contributed by atoms with Gasteiger partial charge < -0.3 is 15.0 Å². The van der Waals surface area contributed by atoms with Crippen LogP contribution in [0.15, 0.2) is 36.7 Å². The van der Waals surface area contributed by atoms with Crippen molar-refractivity contribution in [1.82, 2.24) is 14.7 Å². The number of anilines is 1. The van der Waals surface area contributed by atoms with Gasteiger partial charge in [-0.25, -0.2) is 0 Å². The minimum atomic E-state index is -0.665. The lowest BCUT2D eigenvalue weighted by molar-refractivity contribution is -0.122. The monoisotopic (exact) mass is 355 g/mol. The van der Waals surface area contributed by atoms with E-state index in [0.717, 1.165) is 26.2 Å². The van der Waals surface area contributed by atoms with Gasteiger partial charge in [0.2, 0.25) is 0 Å². The summed E-state index contributed by atoms with van der Waals surface area (Å²) in [5, 5.41) is 15.9. The predicted octanol–water partition coefficient (Wildman–Crippen LogP) is 2.50. The molecule has 0 saturated heterocycles. The van der Waals surface area contributed by atoms with Crippen molar-refractivity contribution >= 4 is 11.6 Å². The SMILES string of the molecule is CCN(CC)CCn1cc(NC(=O)C(C)Oc2ccc(C#N)cc2)cn1. The third kappa shape index (κ3) is 5.60. The van der Waals surface area contributed by atoms with E-state index in [0.29, 0.717) is 17.0 Å². The minimum absolute atomic E-state index is 0.252. The van der Waals surface area contributed by atoms with E-state index < -0.39 is 6.10 Å². The molecule has 0 aliphatic carbocycles. The number of hydrogen-bond acceptors (Lipinski definition) is 5. The van der Waals surface area contributed by atoms with Crippen molar-refractivity contribution in [3.8, 4) is 11.8 Å². The van der Waals surface area contributed by atoms with E-state index in [-0.39, 0.29) is 5.91 Å². The lowest BCUT2D eigenvalue weighted by Crippen LogP contribution is -2.30. The highest BCUT2D eigenvalue weighted by Gasteiger charge is 2.15. The second kappa shape index (κ2) is 9.59. The largest absolute Gasteiger partial charge is 0.481 e. The van der Waals surface area contributed by atoms with Crippen LogP contribution in [0.1, 0.15) is 26.3 Å². The number of ether oxygens (including phenoxy) is 1. The Morgan fingerprint density at radius 2 is 2.04 bits per heavy atom. The van der Waals surface area contributed by atoms with Gasteiger partial charge in [-0.1, -0.05) is 13.8 Å². The quantitative estimate of drug-likeness (QED) is 0.747. The summed E-state index contributed by atoms with van der Waals surface area (Å²) in [5.41, 5.74) is 1.19. The number of carbonyl (C=O) groups excluding carboxylic acids is 1. The second-order valence-electron chi connectivity index (χ2n) is 5.90. The number of benzene rings is 1. The molecule has 0 radical (unpaired) electrons. The molecular weight excluding hydrogens is 330 g/mol. The molecule has 1 N–H and O–H groups in total. The number of carbonyl (C=O) groups is 1. The third-order valence-corrected chi connectivity index (χ3v) is 4.11. The van der Waals surface area contributed by atoms with E-state index in [1.165, 1.54) is 0 Å². The van der Waals surface area contributed by atoms with Crippen LogP contribution in [0.3, 0.4) is 0 Å². The van der Waals surface area contributed by atoms with E-state index in [1.54, 1.807) is 37.4 Å². The molecule has 1 amide bonds. The fourth-order valence-corrected chi connectivity index (χ4v) is 2.44. The van der Waals surface area contributed by atoms with Crippen molar-refractivity contribution in [2.45, 2.75) is 33.4 Å². The van der Waals surface area contributed by atoms with Crippen molar-refractivity contribution in [1.29, 1.82) is 5.26 Å². The van der Waals surface area contributed by atoms with Crippen molar-refractivity contribution < 1.29 is 9.53 Å². The molecule has 7 heteroatoms. The van der Waals surface area contributed by atoms with Crippen LogP contribution in [0.25, 0.3) is 0 Å². The lowest BCUT2D eigenvalue weighted by Gasteiger charge is -2.17. The molecule has 2 aromatic rings. The molecule has 2 rings (SSSR count). The fourth-order valence-electron chi connectivity index (χ4n) is 2.44. The Labute approximate surface area is 154 Å². The number of nitrogens with one attached hydrogen (secondary N) is 1. The lowest BCUT2D eigenvalue weighted by atomic mass is 10.2. The number of rotatable bonds is 9. The first-order valence-corrected chi connectivity index (χ1v) is 8.78. The molecule has 1 heterocycles. The van der Waals surface area contributed by atoms with Crippen molar-refractivity contribution in [3.05, 3.63) is 42.2 Å². The average Bonchev–Trinajstić information content (AvgIpc) is 3.10. The van der Waals surface area contributed by atoms with Gasteiger partial charge in [-0.3, -0.25) is 9.48 Å². The van der Waals surface area contributed by atoms with Crippen molar-refractivity contribution in [2.75, 3.05) is 25.0 Å². The highest BCUT2D eigenvalue weighted by atomic mass is 16.5. The average molecular weight is 355 g/mol. The minimum Gasteiger partial charge on any atom is -0.481 e. The molecule has 1 atom stereocenters. The molecule has 138 valence electrons. The van der Waals surface area contributed by atoms with E-state index in [9.17, 15) is 4.79 Å². The molecule has 1 aromatic carbocycles. The summed E-state index contributed by atoms with van der Waals surface area (Å²) < 4.78 is 7.43. The maximum Gasteiger partial charge on any atom is 0.265 e. The Kier molecular flexibility index (Phi) is 7.18. The molecule has 26 heavy (non-hydrogen) atoms.